The zero-order valence-electron chi connectivity index (χ0n) is 6.13. The largest absolute Gasteiger partial charge is 0.480 e. The van der Waals surface area contributed by atoms with Crippen molar-refractivity contribution in [2.75, 3.05) is 13.1 Å². The van der Waals surface area contributed by atoms with Crippen LogP contribution < -0.4 is 11.1 Å². The average molecular weight is 146 g/mol. The van der Waals surface area contributed by atoms with Gasteiger partial charge in [-0.1, -0.05) is 6.92 Å². The van der Waals surface area contributed by atoms with Gasteiger partial charge in [-0.15, -0.1) is 0 Å². The molecular formula is C6H14N2O2. The monoisotopic (exact) mass is 146 g/mol. The van der Waals surface area contributed by atoms with Gasteiger partial charge in [0.1, 0.15) is 6.04 Å². The Morgan fingerprint density at radius 1 is 1.80 bits per heavy atom. The number of aliphatic carboxylic acids is 1. The van der Waals surface area contributed by atoms with Gasteiger partial charge in [-0.05, 0) is 19.5 Å². The third-order valence-electron chi connectivity index (χ3n) is 1.20. The third-order valence-corrected chi connectivity index (χ3v) is 1.20. The van der Waals surface area contributed by atoms with E-state index >= 15 is 0 Å². The van der Waals surface area contributed by atoms with Crippen LogP contribution in [-0.2, 0) is 4.79 Å². The summed E-state index contributed by atoms with van der Waals surface area (Å²) < 4.78 is 0. The second-order valence-corrected chi connectivity index (χ2v) is 2.03. The molecule has 0 aromatic carbocycles. The van der Waals surface area contributed by atoms with Crippen LogP contribution in [0.1, 0.15) is 13.3 Å². The number of likely N-dealkylation sites (N-methyl/N-ethyl adjacent to an activating group) is 1. The molecule has 4 heteroatoms. The molecule has 0 unspecified atom stereocenters. The van der Waals surface area contributed by atoms with Gasteiger partial charge in [0.15, 0.2) is 0 Å². The Balaban J connectivity index is 3.61. The molecule has 10 heavy (non-hydrogen) atoms. The van der Waals surface area contributed by atoms with E-state index < -0.39 is 12.0 Å². The molecule has 4 nitrogen and oxygen atoms in total. The zero-order chi connectivity index (χ0) is 7.98. The number of nitrogens with two attached hydrogens (primary N) is 1. The van der Waals surface area contributed by atoms with E-state index in [1.54, 1.807) is 0 Å². The topological polar surface area (TPSA) is 75.3 Å². The highest BCUT2D eigenvalue weighted by atomic mass is 16.4. The van der Waals surface area contributed by atoms with Gasteiger partial charge >= 0.3 is 5.97 Å². The van der Waals surface area contributed by atoms with E-state index in [1.807, 2.05) is 6.92 Å². The quantitative estimate of drug-likeness (QED) is 0.484. The summed E-state index contributed by atoms with van der Waals surface area (Å²) in [7, 11) is 0. The molecule has 0 fully saturated rings. The molecule has 1 atom stereocenters. The van der Waals surface area contributed by atoms with Crippen LogP contribution in [0.25, 0.3) is 0 Å². The van der Waals surface area contributed by atoms with Gasteiger partial charge in [0.25, 0.3) is 0 Å². The zero-order valence-corrected chi connectivity index (χ0v) is 6.13. The number of carboxylic acids is 1. The first-order valence-electron chi connectivity index (χ1n) is 3.38. The number of nitrogens with one attached hydrogen (secondary N) is 1. The van der Waals surface area contributed by atoms with Crippen LogP contribution in [0.4, 0.5) is 0 Å². The lowest BCUT2D eigenvalue weighted by molar-refractivity contribution is -0.139. The van der Waals surface area contributed by atoms with Crippen molar-refractivity contribution in [3.05, 3.63) is 0 Å². The Morgan fingerprint density at radius 2 is 2.40 bits per heavy atom. The van der Waals surface area contributed by atoms with Gasteiger partial charge in [-0.2, -0.15) is 0 Å². The Bertz CT molecular complexity index is 99.9. The molecule has 0 aliphatic carbocycles. The van der Waals surface area contributed by atoms with Crippen LogP contribution in [0.15, 0.2) is 0 Å². The molecule has 0 rings (SSSR count). The molecule has 0 aromatic heterocycles. The fraction of sp³-hybridized carbons (Fsp3) is 0.833. The van der Waals surface area contributed by atoms with E-state index in [-0.39, 0.29) is 0 Å². The summed E-state index contributed by atoms with van der Waals surface area (Å²) in [6, 6.07) is -0.477. The fourth-order valence-corrected chi connectivity index (χ4v) is 0.726. The van der Waals surface area contributed by atoms with E-state index in [9.17, 15) is 4.79 Å². The number of hydrogen-bond acceptors (Lipinski definition) is 3. The SMILES string of the molecule is CCN[C@@H](CCN)C(=O)O. The van der Waals surface area contributed by atoms with Gasteiger partial charge in [-0.3, -0.25) is 4.79 Å². The summed E-state index contributed by atoms with van der Waals surface area (Å²) in [5.74, 6) is -0.827. The molecule has 60 valence electrons. The highest BCUT2D eigenvalue weighted by molar-refractivity contribution is 5.73. The molecule has 4 N–H and O–H groups in total. The van der Waals surface area contributed by atoms with Crippen molar-refractivity contribution >= 4 is 5.97 Å². The summed E-state index contributed by atoms with van der Waals surface area (Å²) in [6.07, 6.45) is 0.489. The number of rotatable bonds is 5. The van der Waals surface area contributed by atoms with Crippen molar-refractivity contribution in [1.29, 1.82) is 0 Å². The minimum Gasteiger partial charge on any atom is -0.480 e. The standard InChI is InChI=1S/C6H14N2O2/c1-2-8-5(3-4-7)6(9)10/h5,8H,2-4,7H2,1H3,(H,9,10)/t5-/m0/s1. The van der Waals surface area contributed by atoms with Gasteiger partial charge in [0.05, 0.1) is 0 Å². The van der Waals surface area contributed by atoms with Gasteiger partial charge in [0, 0.05) is 0 Å². The van der Waals surface area contributed by atoms with Crippen molar-refractivity contribution in [2.45, 2.75) is 19.4 Å². The lowest BCUT2D eigenvalue weighted by Gasteiger charge is -2.10. The Kier molecular flexibility index (Phi) is 4.88. The first kappa shape index (κ1) is 9.39. The van der Waals surface area contributed by atoms with Gasteiger partial charge in [0.2, 0.25) is 0 Å². The van der Waals surface area contributed by atoms with Crippen molar-refractivity contribution in [2.24, 2.45) is 5.73 Å². The van der Waals surface area contributed by atoms with Crippen molar-refractivity contribution in [3.63, 3.8) is 0 Å². The van der Waals surface area contributed by atoms with Crippen LogP contribution >= 0.6 is 0 Å². The molecule has 0 bridgehead atoms. The second-order valence-electron chi connectivity index (χ2n) is 2.03. The van der Waals surface area contributed by atoms with Gasteiger partial charge in [-0.25, -0.2) is 0 Å². The second kappa shape index (κ2) is 5.20. The van der Waals surface area contributed by atoms with Crippen molar-refractivity contribution in [3.8, 4) is 0 Å². The molecule has 0 aromatic rings. The van der Waals surface area contributed by atoms with Crippen LogP contribution in [-0.4, -0.2) is 30.2 Å². The molecule has 0 saturated heterocycles. The molecule has 0 spiro atoms. The first-order chi connectivity index (χ1) is 4.72. The fourth-order valence-electron chi connectivity index (χ4n) is 0.726. The molecule has 0 heterocycles. The first-order valence-corrected chi connectivity index (χ1v) is 3.38. The molecule has 0 saturated carbocycles. The number of carbonyl (C=O) groups is 1. The lowest BCUT2D eigenvalue weighted by atomic mass is 10.2. The Morgan fingerprint density at radius 3 is 2.70 bits per heavy atom. The predicted octanol–water partition coefficient (Wildman–Crippen LogP) is -0.602. The van der Waals surface area contributed by atoms with Crippen LogP contribution in [0, 0.1) is 0 Å². The number of carboxylic acid groups (broad SMARTS) is 1. The maximum absolute atomic E-state index is 10.4. The minimum atomic E-state index is -0.827. The molecular weight excluding hydrogens is 132 g/mol. The summed E-state index contributed by atoms with van der Waals surface area (Å²) in [5, 5.41) is 11.3. The normalized spacial score (nSPS) is 13.0. The van der Waals surface area contributed by atoms with E-state index in [4.69, 9.17) is 10.8 Å². The highest BCUT2D eigenvalue weighted by Gasteiger charge is 2.13. The molecule has 0 amide bonds. The molecule has 0 aliphatic rings. The smallest absolute Gasteiger partial charge is 0.320 e. The maximum Gasteiger partial charge on any atom is 0.320 e. The van der Waals surface area contributed by atoms with E-state index in [0.29, 0.717) is 19.5 Å². The summed E-state index contributed by atoms with van der Waals surface area (Å²) in [6.45, 7) is 2.94. The number of hydrogen-bond donors (Lipinski definition) is 3. The maximum atomic E-state index is 10.4. The summed E-state index contributed by atoms with van der Waals surface area (Å²) in [4.78, 5) is 10.4. The average Bonchev–Trinajstić information content (AvgIpc) is 1.87. The van der Waals surface area contributed by atoms with E-state index in [0.717, 1.165) is 0 Å². The van der Waals surface area contributed by atoms with E-state index in [2.05, 4.69) is 5.32 Å². The highest BCUT2D eigenvalue weighted by Crippen LogP contribution is 1.88. The van der Waals surface area contributed by atoms with Crippen LogP contribution in [0.5, 0.6) is 0 Å². The Hall–Kier alpha value is -0.610. The van der Waals surface area contributed by atoms with Crippen molar-refractivity contribution < 1.29 is 9.90 Å². The Labute approximate surface area is 60.4 Å². The van der Waals surface area contributed by atoms with Crippen molar-refractivity contribution in [1.82, 2.24) is 5.32 Å². The third kappa shape index (κ3) is 3.42. The lowest BCUT2D eigenvalue weighted by Crippen LogP contribution is -2.38. The summed E-state index contributed by atoms with van der Waals surface area (Å²) >= 11 is 0. The predicted molar refractivity (Wildman–Crippen MR) is 38.8 cm³/mol. The van der Waals surface area contributed by atoms with Crippen LogP contribution in [0.2, 0.25) is 0 Å². The summed E-state index contributed by atoms with van der Waals surface area (Å²) in [5.41, 5.74) is 5.19. The van der Waals surface area contributed by atoms with Gasteiger partial charge < -0.3 is 16.2 Å². The van der Waals surface area contributed by atoms with E-state index in [1.165, 1.54) is 0 Å². The minimum absolute atomic E-state index is 0.407. The molecule has 0 aliphatic heterocycles. The molecule has 0 radical (unpaired) electrons. The van der Waals surface area contributed by atoms with Crippen LogP contribution in [0.3, 0.4) is 0 Å².